The maximum Gasteiger partial charge on any atom is 0.230 e. The number of rotatable bonds is 4. The third-order valence-electron chi connectivity index (χ3n) is 3.72. The van der Waals surface area contributed by atoms with E-state index in [2.05, 4.69) is 10.6 Å². The van der Waals surface area contributed by atoms with Gasteiger partial charge in [0.05, 0.1) is 5.92 Å². The molecule has 0 unspecified atom stereocenters. The van der Waals surface area contributed by atoms with E-state index in [-0.39, 0.29) is 36.0 Å². The molecule has 2 aliphatic rings. The van der Waals surface area contributed by atoms with Crippen LogP contribution in [0.2, 0.25) is 0 Å². The standard InChI is InChI=1S/C15H16N2O3/c18-13-8-11(15(20)17-13)7-9-1-5-12(6-2-9)16-14(19)10-3-4-10/h1-2,5-6,10-11H,3-4,7-8H2,(H,16,19)(H,17,18,20)/t11-/m1/s1. The van der Waals surface area contributed by atoms with Crippen LogP contribution in [0.15, 0.2) is 24.3 Å². The topological polar surface area (TPSA) is 75.3 Å². The lowest BCUT2D eigenvalue weighted by Crippen LogP contribution is -2.22. The van der Waals surface area contributed by atoms with Crippen LogP contribution >= 0.6 is 0 Å². The molecule has 1 aliphatic heterocycles. The molecule has 0 spiro atoms. The lowest BCUT2D eigenvalue weighted by molar-refractivity contribution is -0.125. The molecule has 0 bridgehead atoms. The van der Waals surface area contributed by atoms with E-state index in [1.165, 1.54) is 0 Å². The molecule has 5 nitrogen and oxygen atoms in total. The molecule has 1 atom stereocenters. The first-order valence-electron chi connectivity index (χ1n) is 6.85. The van der Waals surface area contributed by atoms with Gasteiger partial charge in [-0.15, -0.1) is 0 Å². The third kappa shape index (κ3) is 2.87. The minimum absolute atomic E-state index is 0.0820. The second-order valence-electron chi connectivity index (χ2n) is 5.48. The highest BCUT2D eigenvalue weighted by molar-refractivity contribution is 6.03. The summed E-state index contributed by atoms with van der Waals surface area (Å²) < 4.78 is 0. The number of hydrogen-bond donors (Lipinski definition) is 2. The van der Waals surface area contributed by atoms with E-state index < -0.39 is 0 Å². The summed E-state index contributed by atoms with van der Waals surface area (Å²) in [4.78, 5) is 34.2. The van der Waals surface area contributed by atoms with E-state index in [1.807, 2.05) is 24.3 Å². The fraction of sp³-hybridized carbons (Fsp3) is 0.400. The van der Waals surface area contributed by atoms with Crippen molar-refractivity contribution in [1.82, 2.24) is 5.32 Å². The van der Waals surface area contributed by atoms with Gasteiger partial charge in [-0.3, -0.25) is 19.7 Å². The van der Waals surface area contributed by atoms with E-state index in [0.717, 1.165) is 24.1 Å². The summed E-state index contributed by atoms with van der Waals surface area (Å²) in [5.41, 5.74) is 1.77. The largest absolute Gasteiger partial charge is 0.326 e. The number of anilines is 1. The maximum atomic E-state index is 11.6. The molecule has 1 heterocycles. The molecule has 104 valence electrons. The van der Waals surface area contributed by atoms with Crippen LogP contribution in [0, 0.1) is 11.8 Å². The minimum atomic E-state index is -0.269. The van der Waals surface area contributed by atoms with Crippen LogP contribution in [0.4, 0.5) is 5.69 Å². The van der Waals surface area contributed by atoms with Gasteiger partial charge in [0.2, 0.25) is 17.7 Å². The van der Waals surface area contributed by atoms with Crippen molar-refractivity contribution in [2.75, 3.05) is 5.32 Å². The predicted molar refractivity (Wildman–Crippen MR) is 72.8 cm³/mol. The fourth-order valence-corrected chi connectivity index (χ4v) is 2.37. The number of benzene rings is 1. The molecule has 0 aromatic heterocycles. The average Bonchev–Trinajstić information content (AvgIpc) is 3.20. The highest BCUT2D eigenvalue weighted by Gasteiger charge is 2.31. The molecule has 5 heteroatoms. The Kier molecular flexibility index (Phi) is 3.26. The Hall–Kier alpha value is -2.17. The van der Waals surface area contributed by atoms with Crippen LogP contribution in [0.3, 0.4) is 0 Å². The first kappa shape index (κ1) is 12.8. The zero-order valence-electron chi connectivity index (χ0n) is 11.0. The fourth-order valence-electron chi connectivity index (χ4n) is 2.37. The van der Waals surface area contributed by atoms with Gasteiger partial charge in [0.25, 0.3) is 0 Å². The molecule has 2 N–H and O–H groups in total. The van der Waals surface area contributed by atoms with Gasteiger partial charge < -0.3 is 5.32 Å². The van der Waals surface area contributed by atoms with Gasteiger partial charge in [-0.1, -0.05) is 12.1 Å². The first-order chi connectivity index (χ1) is 9.61. The summed E-state index contributed by atoms with van der Waals surface area (Å²) in [5, 5.41) is 5.18. The van der Waals surface area contributed by atoms with Crippen molar-refractivity contribution in [3.8, 4) is 0 Å². The Morgan fingerprint density at radius 1 is 1.20 bits per heavy atom. The average molecular weight is 272 g/mol. The van der Waals surface area contributed by atoms with Gasteiger partial charge in [-0.05, 0) is 37.0 Å². The number of nitrogens with one attached hydrogen (secondary N) is 2. The van der Waals surface area contributed by atoms with Crippen molar-refractivity contribution in [3.63, 3.8) is 0 Å². The van der Waals surface area contributed by atoms with Gasteiger partial charge in [0, 0.05) is 18.0 Å². The Balaban J connectivity index is 1.59. The lowest BCUT2D eigenvalue weighted by Gasteiger charge is -2.08. The van der Waals surface area contributed by atoms with Gasteiger partial charge in [-0.25, -0.2) is 0 Å². The van der Waals surface area contributed by atoms with E-state index in [1.54, 1.807) is 0 Å². The van der Waals surface area contributed by atoms with Gasteiger partial charge in [-0.2, -0.15) is 0 Å². The van der Waals surface area contributed by atoms with Crippen molar-refractivity contribution in [2.45, 2.75) is 25.7 Å². The summed E-state index contributed by atoms with van der Waals surface area (Å²) in [6.45, 7) is 0. The van der Waals surface area contributed by atoms with Crippen molar-refractivity contribution in [3.05, 3.63) is 29.8 Å². The SMILES string of the molecule is O=C1C[C@@H](Cc2ccc(NC(=O)C3CC3)cc2)C(=O)N1. The molecule has 1 aromatic rings. The van der Waals surface area contributed by atoms with Crippen LogP contribution in [0.1, 0.15) is 24.8 Å². The van der Waals surface area contributed by atoms with Crippen molar-refractivity contribution < 1.29 is 14.4 Å². The van der Waals surface area contributed by atoms with E-state index in [0.29, 0.717) is 6.42 Å². The molecule has 2 fully saturated rings. The predicted octanol–water partition coefficient (Wildman–Crippen LogP) is 1.24. The smallest absolute Gasteiger partial charge is 0.230 e. The molecule has 1 aromatic carbocycles. The normalized spacial score (nSPS) is 21.7. The molecule has 3 rings (SSSR count). The van der Waals surface area contributed by atoms with Gasteiger partial charge in [0.1, 0.15) is 0 Å². The summed E-state index contributed by atoms with van der Waals surface area (Å²) in [5.74, 6) is -0.398. The van der Waals surface area contributed by atoms with E-state index >= 15 is 0 Å². The number of imide groups is 1. The highest BCUT2D eigenvalue weighted by atomic mass is 16.2. The van der Waals surface area contributed by atoms with Crippen LogP contribution in [0.25, 0.3) is 0 Å². The second kappa shape index (κ2) is 5.07. The zero-order chi connectivity index (χ0) is 14.1. The summed E-state index contributed by atoms with van der Waals surface area (Å²) in [6.07, 6.45) is 2.77. The monoisotopic (exact) mass is 272 g/mol. The second-order valence-corrected chi connectivity index (χ2v) is 5.48. The molecule has 3 amide bonds. The lowest BCUT2D eigenvalue weighted by atomic mass is 9.98. The summed E-state index contributed by atoms with van der Waals surface area (Å²) >= 11 is 0. The van der Waals surface area contributed by atoms with Gasteiger partial charge >= 0.3 is 0 Å². The molecular weight excluding hydrogens is 256 g/mol. The molecule has 0 radical (unpaired) electrons. The van der Waals surface area contributed by atoms with Crippen LogP contribution in [-0.2, 0) is 20.8 Å². The molecule has 1 saturated heterocycles. The number of hydrogen-bond acceptors (Lipinski definition) is 3. The Bertz CT molecular complexity index is 561. The quantitative estimate of drug-likeness (QED) is 0.810. The Morgan fingerprint density at radius 2 is 1.90 bits per heavy atom. The van der Waals surface area contributed by atoms with E-state index in [4.69, 9.17) is 0 Å². The van der Waals surface area contributed by atoms with Crippen LogP contribution < -0.4 is 10.6 Å². The first-order valence-corrected chi connectivity index (χ1v) is 6.85. The third-order valence-corrected chi connectivity index (χ3v) is 3.72. The molecule has 20 heavy (non-hydrogen) atoms. The molecular formula is C15H16N2O3. The van der Waals surface area contributed by atoms with Crippen molar-refractivity contribution >= 4 is 23.4 Å². The molecule has 1 saturated carbocycles. The Labute approximate surface area is 116 Å². The Morgan fingerprint density at radius 3 is 2.45 bits per heavy atom. The number of carbonyl (C=O) groups excluding carboxylic acids is 3. The molecule has 1 aliphatic carbocycles. The van der Waals surface area contributed by atoms with Crippen LogP contribution in [-0.4, -0.2) is 17.7 Å². The highest BCUT2D eigenvalue weighted by Crippen LogP contribution is 2.30. The number of carbonyl (C=O) groups is 3. The zero-order valence-corrected chi connectivity index (χ0v) is 11.0. The van der Waals surface area contributed by atoms with Gasteiger partial charge in [0.15, 0.2) is 0 Å². The summed E-state index contributed by atoms with van der Waals surface area (Å²) in [6, 6.07) is 7.45. The van der Waals surface area contributed by atoms with Crippen molar-refractivity contribution in [2.24, 2.45) is 11.8 Å². The number of amides is 3. The minimum Gasteiger partial charge on any atom is -0.326 e. The van der Waals surface area contributed by atoms with E-state index in [9.17, 15) is 14.4 Å². The van der Waals surface area contributed by atoms with Crippen molar-refractivity contribution in [1.29, 1.82) is 0 Å². The maximum absolute atomic E-state index is 11.6. The summed E-state index contributed by atoms with van der Waals surface area (Å²) in [7, 11) is 0. The van der Waals surface area contributed by atoms with Crippen LogP contribution in [0.5, 0.6) is 0 Å².